The van der Waals surface area contributed by atoms with Crippen molar-refractivity contribution in [2.75, 3.05) is 7.05 Å². The van der Waals surface area contributed by atoms with Gasteiger partial charge in [-0.25, -0.2) is 4.99 Å². The summed E-state index contributed by atoms with van der Waals surface area (Å²) in [6, 6.07) is 10.3. The Balaban J connectivity index is 2.96. The van der Waals surface area contributed by atoms with E-state index < -0.39 is 0 Å². The zero-order valence-corrected chi connectivity index (χ0v) is 6.39. The third-order valence-corrected chi connectivity index (χ3v) is 1.58. The van der Waals surface area contributed by atoms with Crippen LogP contribution in [0, 0.1) is 0 Å². The molecule has 1 N–H and O–H groups in total. The predicted octanol–water partition coefficient (Wildman–Crippen LogP) is 0.206. The summed E-state index contributed by atoms with van der Waals surface area (Å²) in [4.78, 5) is 3.10. The molecule has 0 aromatic heterocycles. The summed E-state index contributed by atoms with van der Waals surface area (Å²) in [5, 5.41) is 0. The third kappa shape index (κ3) is 1.44. The lowest BCUT2D eigenvalue weighted by Crippen LogP contribution is -2.67. The monoisotopic (exact) mass is 134 g/mol. The molecule has 0 amide bonds. The van der Waals surface area contributed by atoms with Gasteiger partial charge >= 0.3 is 0 Å². The summed E-state index contributed by atoms with van der Waals surface area (Å²) in [6.07, 6.45) is 0. The Hall–Kier alpha value is -1.11. The zero-order chi connectivity index (χ0) is 7.40. The highest BCUT2D eigenvalue weighted by Gasteiger charge is 1.96. The fourth-order valence-electron chi connectivity index (χ4n) is 0.832. The topological polar surface area (TPSA) is 14.0 Å². The summed E-state index contributed by atoms with van der Waals surface area (Å²) in [6.45, 7) is 2.06. The molecule has 0 bridgehead atoms. The maximum absolute atomic E-state index is 3.10. The van der Waals surface area contributed by atoms with Gasteiger partial charge < -0.3 is 0 Å². The van der Waals surface area contributed by atoms with Crippen LogP contribution in [0.3, 0.4) is 0 Å². The second-order valence-corrected chi connectivity index (χ2v) is 2.24. The molecular weight excluding hydrogens is 122 g/mol. The second-order valence-electron chi connectivity index (χ2n) is 2.24. The van der Waals surface area contributed by atoms with E-state index in [0.29, 0.717) is 0 Å². The van der Waals surface area contributed by atoms with Crippen molar-refractivity contribution < 1.29 is 4.99 Å². The molecule has 0 atom stereocenters. The Morgan fingerprint density at radius 1 is 1.20 bits per heavy atom. The molecule has 0 aliphatic carbocycles. The minimum absolute atomic E-state index is 1.21. The van der Waals surface area contributed by atoms with E-state index >= 15 is 0 Å². The Morgan fingerprint density at radius 2 is 1.80 bits per heavy atom. The van der Waals surface area contributed by atoms with Gasteiger partial charge in [-0.05, 0) is 12.1 Å². The van der Waals surface area contributed by atoms with Gasteiger partial charge in [0.15, 0.2) is 5.71 Å². The van der Waals surface area contributed by atoms with Crippen molar-refractivity contribution in [2.45, 2.75) is 6.92 Å². The fraction of sp³-hybridized carbons (Fsp3) is 0.222. The standard InChI is InChI=1S/C9H11N/c1-8(10-2)9-6-4-3-5-7-9/h3-7H,1-2H3/p+1. The van der Waals surface area contributed by atoms with E-state index in [1.54, 1.807) is 0 Å². The maximum Gasteiger partial charge on any atom is 0.178 e. The minimum atomic E-state index is 1.21. The van der Waals surface area contributed by atoms with Crippen LogP contribution in [0.4, 0.5) is 0 Å². The molecule has 0 aliphatic rings. The fourth-order valence-corrected chi connectivity index (χ4v) is 0.832. The summed E-state index contributed by atoms with van der Waals surface area (Å²) in [7, 11) is 1.93. The molecule has 1 nitrogen and oxygen atoms in total. The SMILES string of the molecule is C[NH+]=C(C)c1ccccc1. The van der Waals surface area contributed by atoms with E-state index in [1.807, 2.05) is 25.2 Å². The first-order valence-electron chi connectivity index (χ1n) is 3.41. The zero-order valence-electron chi connectivity index (χ0n) is 6.39. The number of nitrogens with one attached hydrogen (secondary N) is 1. The molecule has 0 radical (unpaired) electrons. The second kappa shape index (κ2) is 3.16. The molecular formula is C9H12N+. The van der Waals surface area contributed by atoms with Crippen molar-refractivity contribution in [3.05, 3.63) is 35.9 Å². The van der Waals surface area contributed by atoms with Crippen LogP contribution in [-0.2, 0) is 0 Å². The van der Waals surface area contributed by atoms with E-state index in [2.05, 4.69) is 24.0 Å². The number of hydrogen-bond donors (Lipinski definition) is 1. The lowest BCUT2D eigenvalue weighted by atomic mass is 10.1. The molecule has 0 fully saturated rings. The largest absolute Gasteiger partial charge is 0.248 e. The van der Waals surface area contributed by atoms with Gasteiger partial charge in [0.25, 0.3) is 0 Å². The summed E-state index contributed by atoms with van der Waals surface area (Å²) in [5.41, 5.74) is 2.46. The molecule has 0 saturated heterocycles. The first-order valence-corrected chi connectivity index (χ1v) is 3.41. The third-order valence-electron chi connectivity index (χ3n) is 1.58. The molecule has 1 aromatic rings. The van der Waals surface area contributed by atoms with Crippen LogP contribution >= 0.6 is 0 Å². The van der Waals surface area contributed by atoms with Crippen molar-refractivity contribution in [1.29, 1.82) is 0 Å². The maximum atomic E-state index is 3.10. The molecule has 0 saturated carbocycles. The molecule has 1 aromatic carbocycles. The van der Waals surface area contributed by atoms with Crippen LogP contribution in [-0.4, -0.2) is 12.8 Å². The number of rotatable bonds is 1. The van der Waals surface area contributed by atoms with Gasteiger partial charge in [-0.3, -0.25) is 0 Å². The Morgan fingerprint density at radius 3 is 2.30 bits per heavy atom. The van der Waals surface area contributed by atoms with Crippen LogP contribution in [0.25, 0.3) is 0 Å². The summed E-state index contributed by atoms with van der Waals surface area (Å²) < 4.78 is 0. The number of hydrogen-bond acceptors (Lipinski definition) is 0. The average Bonchev–Trinajstić information content (AvgIpc) is 2.05. The van der Waals surface area contributed by atoms with Crippen molar-refractivity contribution >= 4 is 5.71 Å². The molecule has 1 heteroatoms. The van der Waals surface area contributed by atoms with E-state index in [4.69, 9.17) is 0 Å². The highest BCUT2D eigenvalue weighted by molar-refractivity contribution is 5.93. The molecule has 10 heavy (non-hydrogen) atoms. The van der Waals surface area contributed by atoms with Gasteiger partial charge in [-0.1, -0.05) is 18.2 Å². The van der Waals surface area contributed by atoms with Crippen LogP contribution in [0.1, 0.15) is 12.5 Å². The molecule has 0 unspecified atom stereocenters. The van der Waals surface area contributed by atoms with Crippen molar-refractivity contribution in [3.63, 3.8) is 0 Å². The molecule has 52 valence electrons. The summed E-state index contributed by atoms with van der Waals surface area (Å²) in [5.74, 6) is 0. The number of benzene rings is 1. The van der Waals surface area contributed by atoms with E-state index in [1.165, 1.54) is 11.3 Å². The quantitative estimate of drug-likeness (QED) is 0.528. The Labute approximate surface area is 61.4 Å². The lowest BCUT2D eigenvalue weighted by molar-refractivity contribution is -0.419. The molecule has 1 rings (SSSR count). The van der Waals surface area contributed by atoms with Crippen LogP contribution in [0.5, 0.6) is 0 Å². The first-order chi connectivity index (χ1) is 4.84. The Kier molecular flexibility index (Phi) is 2.21. The molecule has 0 aliphatic heterocycles. The molecule has 0 heterocycles. The summed E-state index contributed by atoms with van der Waals surface area (Å²) >= 11 is 0. The Bertz CT molecular complexity index is 224. The van der Waals surface area contributed by atoms with Crippen molar-refractivity contribution in [3.8, 4) is 0 Å². The van der Waals surface area contributed by atoms with Gasteiger partial charge in [-0.15, -0.1) is 0 Å². The highest BCUT2D eigenvalue weighted by Crippen LogP contribution is 1.95. The van der Waals surface area contributed by atoms with Gasteiger partial charge in [-0.2, -0.15) is 0 Å². The van der Waals surface area contributed by atoms with E-state index in [9.17, 15) is 0 Å². The van der Waals surface area contributed by atoms with Crippen LogP contribution < -0.4 is 4.99 Å². The van der Waals surface area contributed by atoms with Crippen molar-refractivity contribution in [1.82, 2.24) is 0 Å². The molecule has 0 spiro atoms. The smallest absolute Gasteiger partial charge is 0.178 e. The van der Waals surface area contributed by atoms with Gasteiger partial charge in [0, 0.05) is 12.5 Å². The van der Waals surface area contributed by atoms with E-state index in [-0.39, 0.29) is 0 Å². The van der Waals surface area contributed by atoms with Crippen molar-refractivity contribution in [2.24, 2.45) is 0 Å². The van der Waals surface area contributed by atoms with Crippen LogP contribution in [0.2, 0.25) is 0 Å². The lowest BCUT2D eigenvalue weighted by Gasteiger charge is -1.90. The van der Waals surface area contributed by atoms with E-state index in [0.717, 1.165) is 0 Å². The average molecular weight is 134 g/mol. The van der Waals surface area contributed by atoms with Crippen LogP contribution in [0.15, 0.2) is 30.3 Å². The first kappa shape index (κ1) is 7.00. The highest BCUT2D eigenvalue weighted by atomic mass is 14.7. The van der Waals surface area contributed by atoms with Gasteiger partial charge in [0.1, 0.15) is 7.05 Å². The normalized spacial score (nSPS) is 11.6. The predicted molar refractivity (Wildman–Crippen MR) is 43.1 cm³/mol. The van der Waals surface area contributed by atoms with Gasteiger partial charge in [0.2, 0.25) is 0 Å². The minimum Gasteiger partial charge on any atom is -0.248 e. The van der Waals surface area contributed by atoms with Gasteiger partial charge in [0.05, 0.1) is 0 Å².